The molecule has 0 amide bonds. The lowest BCUT2D eigenvalue weighted by Crippen LogP contribution is -2.37. The maximum atomic E-state index is 5.70. The first-order valence-corrected chi connectivity index (χ1v) is 7.24. The van der Waals surface area contributed by atoms with Gasteiger partial charge in [-0.2, -0.15) is 0 Å². The van der Waals surface area contributed by atoms with Gasteiger partial charge in [0, 0.05) is 13.2 Å². The Morgan fingerprint density at radius 3 is 2.95 bits per heavy atom. The van der Waals surface area contributed by atoms with Crippen molar-refractivity contribution in [2.75, 3.05) is 6.61 Å². The lowest BCUT2D eigenvalue weighted by Gasteiger charge is -2.36. The van der Waals surface area contributed by atoms with Gasteiger partial charge in [0.25, 0.3) is 0 Å². The van der Waals surface area contributed by atoms with Crippen LogP contribution < -0.4 is 11.3 Å². The first-order chi connectivity index (χ1) is 9.28. The van der Waals surface area contributed by atoms with Gasteiger partial charge in [0.2, 0.25) is 0 Å². The Hall–Kier alpha value is -0.980. The highest BCUT2D eigenvalue weighted by atomic mass is 16.5. The summed E-state index contributed by atoms with van der Waals surface area (Å²) in [4.78, 5) is 0. The van der Waals surface area contributed by atoms with Gasteiger partial charge in [-0.05, 0) is 38.5 Å². The molecule has 1 aromatic heterocycles. The van der Waals surface area contributed by atoms with Gasteiger partial charge in [-0.25, -0.2) is 4.68 Å². The molecule has 1 aliphatic carbocycles. The van der Waals surface area contributed by atoms with Crippen LogP contribution in [0.3, 0.4) is 0 Å². The van der Waals surface area contributed by atoms with Crippen LogP contribution in [0.15, 0.2) is 6.20 Å². The van der Waals surface area contributed by atoms with Crippen molar-refractivity contribution < 1.29 is 4.74 Å². The molecule has 1 heterocycles. The van der Waals surface area contributed by atoms with Gasteiger partial charge < -0.3 is 4.74 Å². The Morgan fingerprint density at radius 1 is 1.53 bits per heavy atom. The van der Waals surface area contributed by atoms with Crippen LogP contribution in [0.25, 0.3) is 0 Å². The summed E-state index contributed by atoms with van der Waals surface area (Å²) in [6.07, 6.45) is 6.62. The molecule has 1 unspecified atom stereocenters. The predicted octanol–water partition coefficient (Wildman–Crippen LogP) is 1.40. The fourth-order valence-electron chi connectivity index (χ4n) is 2.77. The molecular formula is C13H25N5O. The molecule has 3 N–H and O–H groups in total. The molecule has 6 heteroatoms. The summed E-state index contributed by atoms with van der Waals surface area (Å²) in [5.74, 6) is 6.38. The van der Waals surface area contributed by atoms with Gasteiger partial charge >= 0.3 is 0 Å². The molecule has 0 radical (unpaired) electrons. The summed E-state index contributed by atoms with van der Waals surface area (Å²) in [5, 5.41) is 8.11. The zero-order valence-corrected chi connectivity index (χ0v) is 11.9. The highest BCUT2D eigenvalue weighted by molar-refractivity contribution is 5.03. The summed E-state index contributed by atoms with van der Waals surface area (Å²) < 4.78 is 7.54. The van der Waals surface area contributed by atoms with Crippen molar-refractivity contribution in [2.24, 2.45) is 11.8 Å². The second-order valence-electron chi connectivity index (χ2n) is 5.25. The maximum absolute atomic E-state index is 5.70. The van der Waals surface area contributed by atoms with E-state index in [4.69, 9.17) is 10.6 Å². The number of aromatic nitrogens is 3. The van der Waals surface area contributed by atoms with Crippen LogP contribution in [0.1, 0.15) is 51.3 Å². The predicted molar refractivity (Wildman–Crippen MR) is 73.1 cm³/mol. The van der Waals surface area contributed by atoms with E-state index in [-0.39, 0.29) is 6.04 Å². The average molecular weight is 267 g/mol. The van der Waals surface area contributed by atoms with Crippen molar-refractivity contribution in [1.29, 1.82) is 0 Å². The molecule has 1 aromatic rings. The van der Waals surface area contributed by atoms with Crippen LogP contribution >= 0.6 is 0 Å². The first-order valence-electron chi connectivity index (χ1n) is 7.24. The van der Waals surface area contributed by atoms with Gasteiger partial charge in [0.1, 0.15) is 0 Å². The average Bonchev–Trinajstić information content (AvgIpc) is 2.81. The fraction of sp³-hybridized carbons (Fsp3) is 0.846. The van der Waals surface area contributed by atoms with Crippen LogP contribution in [-0.4, -0.2) is 27.7 Å². The standard InChI is InChI=1S/C13H25N5O/c1-3-5-18-13(9-15-17-18)12(16-14)8-10-6-11(7-10)19-4-2/h9-12,16H,3-8,14H2,1-2H3. The van der Waals surface area contributed by atoms with E-state index >= 15 is 0 Å². The molecule has 0 saturated heterocycles. The third-order valence-corrected chi connectivity index (χ3v) is 3.81. The number of nitrogens with zero attached hydrogens (tertiary/aromatic N) is 3. The van der Waals surface area contributed by atoms with Crippen molar-refractivity contribution in [3.05, 3.63) is 11.9 Å². The lowest BCUT2D eigenvalue weighted by atomic mass is 9.78. The van der Waals surface area contributed by atoms with Gasteiger partial charge in [-0.15, -0.1) is 5.10 Å². The van der Waals surface area contributed by atoms with Crippen LogP contribution in [0.4, 0.5) is 0 Å². The fourth-order valence-corrected chi connectivity index (χ4v) is 2.77. The molecule has 108 valence electrons. The highest BCUT2D eigenvalue weighted by Crippen LogP contribution is 2.36. The van der Waals surface area contributed by atoms with Crippen LogP contribution in [0.2, 0.25) is 0 Å². The van der Waals surface area contributed by atoms with E-state index in [1.807, 2.05) is 17.8 Å². The zero-order valence-electron chi connectivity index (χ0n) is 11.9. The third-order valence-electron chi connectivity index (χ3n) is 3.81. The molecule has 0 aliphatic heterocycles. The summed E-state index contributed by atoms with van der Waals surface area (Å²) in [6.45, 7) is 5.88. The lowest BCUT2D eigenvalue weighted by molar-refractivity contribution is -0.0293. The minimum absolute atomic E-state index is 0.133. The van der Waals surface area contributed by atoms with E-state index < -0.39 is 0 Å². The Kier molecular flexibility index (Phi) is 5.30. The van der Waals surface area contributed by atoms with Crippen molar-refractivity contribution in [1.82, 2.24) is 20.4 Å². The van der Waals surface area contributed by atoms with Crippen LogP contribution in [-0.2, 0) is 11.3 Å². The molecule has 1 atom stereocenters. The minimum Gasteiger partial charge on any atom is -0.378 e. The maximum Gasteiger partial charge on any atom is 0.0770 e. The zero-order chi connectivity index (χ0) is 13.7. The smallest absolute Gasteiger partial charge is 0.0770 e. The Morgan fingerprint density at radius 2 is 2.32 bits per heavy atom. The van der Waals surface area contributed by atoms with E-state index in [2.05, 4.69) is 22.7 Å². The van der Waals surface area contributed by atoms with E-state index in [1.54, 1.807) is 0 Å². The monoisotopic (exact) mass is 267 g/mol. The van der Waals surface area contributed by atoms with Crippen LogP contribution in [0, 0.1) is 5.92 Å². The Labute approximate surface area is 114 Å². The van der Waals surface area contributed by atoms with Gasteiger partial charge in [0.15, 0.2) is 0 Å². The second kappa shape index (κ2) is 6.98. The number of nitrogens with two attached hydrogens (primary N) is 1. The molecule has 0 bridgehead atoms. The molecule has 6 nitrogen and oxygen atoms in total. The summed E-state index contributed by atoms with van der Waals surface area (Å²) in [5.41, 5.74) is 3.99. The molecule has 0 spiro atoms. The Bertz CT molecular complexity index is 375. The largest absolute Gasteiger partial charge is 0.378 e. The second-order valence-corrected chi connectivity index (χ2v) is 5.25. The van der Waals surface area contributed by atoms with Crippen LogP contribution in [0.5, 0.6) is 0 Å². The number of rotatable bonds is 8. The third kappa shape index (κ3) is 3.52. The molecular weight excluding hydrogens is 242 g/mol. The molecule has 0 aromatic carbocycles. The molecule has 2 rings (SSSR count). The molecule has 1 fully saturated rings. The summed E-state index contributed by atoms with van der Waals surface area (Å²) in [6, 6.07) is 0.133. The number of nitrogens with one attached hydrogen (secondary N) is 1. The Balaban J connectivity index is 1.88. The molecule has 1 saturated carbocycles. The quantitative estimate of drug-likeness (QED) is 0.550. The van der Waals surface area contributed by atoms with Gasteiger partial charge in [-0.1, -0.05) is 12.1 Å². The number of hydrogen-bond acceptors (Lipinski definition) is 5. The van der Waals surface area contributed by atoms with Crippen molar-refractivity contribution in [2.45, 2.75) is 58.2 Å². The van der Waals surface area contributed by atoms with Crippen molar-refractivity contribution in [3.8, 4) is 0 Å². The topological polar surface area (TPSA) is 78.0 Å². The summed E-state index contributed by atoms with van der Waals surface area (Å²) >= 11 is 0. The van der Waals surface area contributed by atoms with E-state index in [0.29, 0.717) is 12.0 Å². The normalized spacial score (nSPS) is 24.2. The number of aryl methyl sites for hydroxylation is 1. The van der Waals surface area contributed by atoms with E-state index in [9.17, 15) is 0 Å². The van der Waals surface area contributed by atoms with Gasteiger partial charge in [0.05, 0.1) is 24.0 Å². The molecule has 1 aliphatic rings. The number of hydrogen-bond donors (Lipinski definition) is 2. The van der Waals surface area contributed by atoms with Crippen molar-refractivity contribution >= 4 is 0 Å². The number of ether oxygens (including phenoxy) is 1. The van der Waals surface area contributed by atoms with E-state index in [0.717, 1.165) is 44.5 Å². The van der Waals surface area contributed by atoms with Crippen molar-refractivity contribution in [3.63, 3.8) is 0 Å². The first kappa shape index (κ1) is 14.4. The minimum atomic E-state index is 0.133. The van der Waals surface area contributed by atoms with E-state index in [1.165, 1.54) is 0 Å². The molecule has 19 heavy (non-hydrogen) atoms. The van der Waals surface area contributed by atoms with Gasteiger partial charge in [-0.3, -0.25) is 11.3 Å². The highest BCUT2D eigenvalue weighted by Gasteiger charge is 2.32. The SMILES string of the molecule is CCCn1nncc1C(CC1CC(OCC)C1)NN. The summed E-state index contributed by atoms with van der Waals surface area (Å²) in [7, 11) is 0. The number of hydrazine groups is 1.